The van der Waals surface area contributed by atoms with E-state index < -0.39 is 0 Å². The number of ether oxygens (including phenoxy) is 1. The van der Waals surface area contributed by atoms with Gasteiger partial charge in [-0.1, -0.05) is 28.1 Å². The molecule has 2 aromatic carbocycles. The molecule has 3 nitrogen and oxygen atoms in total. The van der Waals surface area contributed by atoms with Gasteiger partial charge in [0.1, 0.15) is 5.75 Å². The smallest absolute Gasteiger partial charge is 0.259 e. The number of para-hydroxylation sites is 1. The van der Waals surface area contributed by atoms with Crippen molar-refractivity contribution in [1.29, 1.82) is 0 Å². The minimum absolute atomic E-state index is 0.207. The molecule has 0 unspecified atom stereocenters. The number of nitrogens with one attached hydrogen (secondary N) is 1. The molecule has 104 valence electrons. The Labute approximate surface area is 134 Å². The summed E-state index contributed by atoms with van der Waals surface area (Å²) in [5.41, 5.74) is 1.22. The zero-order valence-electron chi connectivity index (χ0n) is 10.8. The molecule has 0 spiro atoms. The molecular weight excluding hydrogens is 386 g/mol. The minimum atomic E-state index is -0.207. The van der Waals surface area contributed by atoms with Crippen LogP contribution in [0.15, 0.2) is 51.4 Å². The first-order chi connectivity index (χ1) is 9.61. The molecule has 0 aliphatic heterocycles. The molecule has 0 saturated heterocycles. The van der Waals surface area contributed by atoms with Crippen LogP contribution in [-0.2, 0) is 0 Å². The molecule has 0 fully saturated rings. The summed E-state index contributed by atoms with van der Waals surface area (Å²) in [5.74, 6) is 0.363. The third-order valence-electron chi connectivity index (χ3n) is 2.61. The zero-order chi connectivity index (χ0) is 14.5. The predicted molar refractivity (Wildman–Crippen MR) is 87.4 cm³/mol. The molecule has 0 bridgehead atoms. The summed E-state index contributed by atoms with van der Waals surface area (Å²) in [4.78, 5) is 12.4. The topological polar surface area (TPSA) is 38.3 Å². The Kier molecular flexibility index (Phi) is 5.20. The van der Waals surface area contributed by atoms with E-state index in [1.807, 2.05) is 37.3 Å². The van der Waals surface area contributed by atoms with Crippen LogP contribution in [0.2, 0.25) is 0 Å². The Bertz CT molecular complexity index is 629. The van der Waals surface area contributed by atoms with Gasteiger partial charge in [-0.05, 0) is 53.2 Å². The van der Waals surface area contributed by atoms with Crippen LogP contribution in [0.5, 0.6) is 5.75 Å². The average Bonchev–Trinajstić information content (AvgIpc) is 2.43. The maximum absolute atomic E-state index is 12.4. The summed E-state index contributed by atoms with van der Waals surface area (Å²) >= 11 is 6.78. The number of halogens is 2. The van der Waals surface area contributed by atoms with Gasteiger partial charge in [0.05, 0.1) is 17.9 Å². The van der Waals surface area contributed by atoms with E-state index in [1.165, 1.54) is 0 Å². The number of carbonyl (C=O) groups excluding carboxylic acids is 1. The van der Waals surface area contributed by atoms with Crippen LogP contribution in [0.3, 0.4) is 0 Å². The molecule has 0 heterocycles. The second-order valence-corrected chi connectivity index (χ2v) is 5.78. The van der Waals surface area contributed by atoms with Crippen LogP contribution in [0.4, 0.5) is 5.69 Å². The first kappa shape index (κ1) is 15.1. The quantitative estimate of drug-likeness (QED) is 0.798. The van der Waals surface area contributed by atoms with Gasteiger partial charge in [-0.15, -0.1) is 0 Å². The van der Waals surface area contributed by atoms with Gasteiger partial charge in [0.25, 0.3) is 5.91 Å². The third kappa shape index (κ3) is 3.61. The van der Waals surface area contributed by atoms with Crippen molar-refractivity contribution in [2.45, 2.75) is 6.92 Å². The van der Waals surface area contributed by atoms with Crippen molar-refractivity contribution in [1.82, 2.24) is 0 Å². The number of rotatable bonds is 4. The Hall–Kier alpha value is -1.33. The summed E-state index contributed by atoms with van der Waals surface area (Å²) in [6, 6.07) is 12.8. The molecule has 0 atom stereocenters. The average molecular weight is 399 g/mol. The standard InChI is InChI=1S/C15H13Br2NO2/c1-2-20-14-8-7-10(16)9-11(14)15(19)18-13-6-4-3-5-12(13)17/h3-9H,2H2,1H3,(H,18,19). The highest BCUT2D eigenvalue weighted by Crippen LogP contribution is 2.26. The molecule has 0 aliphatic rings. The van der Waals surface area contributed by atoms with Crippen molar-refractivity contribution in [2.75, 3.05) is 11.9 Å². The monoisotopic (exact) mass is 397 g/mol. The molecule has 0 radical (unpaired) electrons. The van der Waals surface area contributed by atoms with E-state index >= 15 is 0 Å². The number of anilines is 1. The lowest BCUT2D eigenvalue weighted by atomic mass is 10.2. The van der Waals surface area contributed by atoms with Crippen molar-refractivity contribution in [2.24, 2.45) is 0 Å². The Morgan fingerprint density at radius 3 is 2.65 bits per heavy atom. The maximum Gasteiger partial charge on any atom is 0.259 e. The Balaban J connectivity index is 2.29. The van der Waals surface area contributed by atoms with E-state index in [4.69, 9.17) is 4.74 Å². The lowest BCUT2D eigenvalue weighted by Crippen LogP contribution is -2.14. The molecule has 1 amide bonds. The largest absolute Gasteiger partial charge is 0.493 e. The van der Waals surface area contributed by atoms with E-state index in [0.717, 1.165) is 14.6 Å². The van der Waals surface area contributed by atoms with E-state index in [0.29, 0.717) is 17.9 Å². The summed E-state index contributed by atoms with van der Waals surface area (Å²) in [5, 5.41) is 2.87. The van der Waals surface area contributed by atoms with Crippen molar-refractivity contribution in [3.63, 3.8) is 0 Å². The fourth-order valence-electron chi connectivity index (χ4n) is 1.71. The number of carbonyl (C=O) groups is 1. The van der Waals surface area contributed by atoms with Crippen molar-refractivity contribution in [3.8, 4) is 5.75 Å². The number of amides is 1. The van der Waals surface area contributed by atoms with Crippen molar-refractivity contribution >= 4 is 43.5 Å². The molecule has 0 aliphatic carbocycles. The third-order valence-corrected chi connectivity index (χ3v) is 3.79. The zero-order valence-corrected chi connectivity index (χ0v) is 14.0. The molecule has 20 heavy (non-hydrogen) atoms. The van der Waals surface area contributed by atoms with Crippen LogP contribution in [-0.4, -0.2) is 12.5 Å². The lowest BCUT2D eigenvalue weighted by molar-refractivity contribution is 0.102. The SMILES string of the molecule is CCOc1ccc(Br)cc1C(=O)Nc1ccccc1Br. The van der Waals surface area contributed by atoms with Gasteiger partial charge in [-0.2, -0.15) is 0 Å². The van der Waals surface area contributed by atoms with Crippen molar-refractivity contribution in [3.05, 3.63) is 57.0 Å². The van der Waals surface area contributed by atoms with Crippen molar-refractivity contribution < 1.29 is 9.53 Å². The van der Waals surface area contributed by atoms with Crippen LogP contribution >= 0.6 is 31.9 Å². The van der Waals surface area contributed by atoms with Gasteiger partial charge in [-0.3, -0.25) is 4.79 Å². The summed E-state index contributed by atoms with van der Waals surface area (Å²) in [6.07, 6.45) is 0. The summed E-state index contributed by atoms with van der Waals surface area (Å²) in [7, 11) is 0. The lowest BCUT2D eigenvalue weighted by Gasteiger charge is -2.12. The summed E-state index contributed by atoms with van der Waals surface area (Å²) < 4.78 is 7.15. The van der Waals surface area contributed by atoms with Gasteiger partial charge in [0, 0.05) is 8.95 Å². The summed E-state index contributed by atoms with van der Waals surface area (Å²) in [6.45, 7) is 2.40. The molecule has 0 aromatic heterocycles. The second kappa shape index (κ2) is 6.90. The van der Waals surface area contributed by atoms with E-state index in [2.05, 4.69) is 37.2 Å². The van der Waals surface area contributed by atoms with E-state index in [9.17, 15) is 4.79 Å². The Morgan fingerprint density at radius 2 is 1.95 bits per heavy atom. The van der Waals surface area contributed by atoms with Crippen LogP contribution < -0.4 is 10.1 Å². The molecule has 0 saturated carbocycles. The van der Waals surface area contributed by atoms with Gasteiger partial charge < -0.3 is 10.1 Å². The fraction of sp³-hybridized carbons (Fsp3) is 0.133. The molecule has 2 rings (SSSR count). The fourth-order valence-corrected chi connectivity index (χ4v) is 2.46. The predicted octanol–water partition coefficient (Wildman–Crippen LogP) is 4.86. The minimum Gasteiger partial charge on any atom is -0.493 e. The van der Waals surface area contributed by atoms with Gasteiger partial charge in [0.15, 0.2) is 0 Å². The molecule has 2 aromatic rings. The highest BCUT2D eigenvalue weighted by molar-refractivity contribution is 9.10. The van der Waals surface area contributed by atoms with Crippen LogP contribution in [0.25, 0.3) is 0 Å². The van der Waals surface area contributed by atoms with Gasteiger partial charge >= 0.3 is 0 Å². The van der Waals surface area contributed by atoms with Gasteiger partial charge in [-0.25, -0.2) is 0 Å². The van der Waals surface area contributed by atoms with Crippen LogP contribution in [0, 0.1) is 0 Å². The molecular formula is C15H13Br2NO2. The number of hydrogen-bond donors (Lipinski definition) is 1. The second-order valence-electron chi connectivity index (χ2n) is 4.01. The normalized spacial score (nSPS) is 10.2. The van der Waals surface area contributed by atoms with E-state index in [-0.39, 0.29) is 5.91 Å². The first-order valence-corrected chi connectivity index (χ1v) is 7.68. The maximum atomic E-state index is 12.4. The molecule has 5 heteroatoms. The van der Waals surface area contributed by atoms with Crippen LogP contribution in [0.1, 0.15) is 17.3 Å². The highest BCUT2D eigenvalue weighted by atomic mass is 79.9. The Morgan fingerprint density at radius 1 is 1.20 bits per heavy atom. The molecule has 1 N–H and O–H groups in total. The number of benzene rings is 2. The van der Waals surface area contributed by atoms with Gasteiger partial charge in [0.2, 0.25) is 0 Å². The first-order valence-electron chi connectivity index (χ1n) is 6.10. The number of hydrogen-bond acceptors (Lipinski definition) is 2. The van der Waals surface area contributed by atoms with E-state index in [1.54, 1.807) is 12.1 Å². The highest BCUT2D eigenvalue weighted by Gasteiger charge is 2.14.